The van der Waals surface area contributed by atoms with Gasteiger partial charge in [-0.05, 0) is 118 Å². The monoisotopic (exact) mass is 590 g/mol. The van der Waals surface area contributed by atoms with Crippen LogP contribution in [0.15, 0.2) is 106 Å². The summed E-state index contributed by atoms with van der Waals surface area (Å²) in [6.07, 6.45) is 32.4. The molecule has 0 radical (unpaired) electrons. The van der Waals surface area contributed by atoms with Gasteiger partial charge in [0.1, 0.15) is 5.75 Å². The highest BCUT2D eigenvalue weighted by Gasteiger charge is 2.32. The van der Waals surface area contributed by atoms with Gasteiger partial charge in [0.2, 0.25) is 0 Å². The lowest BCUT2D eigenvalue weighted by atomic mass is 9.88. The molecule has 0 unspecified atom stereocenters. The first-order chi connectivity index (χ1) is 21.7. The third-order valence-corrected chi connectivity index (χ3v) is 9.01. The Hall–Kier alpha value is -3.66. The first kappa shape index (κ1) is 31.8. The molecule has 44 heavy (non-hydrogen) atoms. The molecule has 5 rings (SSSR count). The van der Waals surface area contributed by atoms with Crippen LogP contribution in [-0.2, 0) is 4.79 Å². The SMILES string of the molecule is C/C=C/CC/C=C(/CCCC)CCOc1ccc(C2=CCC3=CN=CC=C(N4CC/C=C(\C(=O)C5CC5)CCC4)C3=C2)cc1. The van der Waals surface area contributed by atoms with Gasteiger partial charge in [0.15, 0.2) is 5.78 Å². The van der Waals surface area contributed by atoms with Crippen LogP contribution in [0.4, 0.5) is 0 Å². The average Bonchev–Trinajstić information content (AvgIpc) is 3.89. The van der Waals surface area contributed by atoms with Gasteiger partial charge in [-0.1, -0.05) is 61.4 Å². The van der Waals surface area contributed by atoms with E-state index >= 15 is 0 Å². The molecule has 2 heterocycles. The topological polar surface area (TPSA) is 41.9 Å². The number of rotatable bonds is 14. The molecular weight excluding hydrogens is 540 g/mol. The lowest BCUT2D eigenvalue weighted by Crippen LogP contribution is -2.28. The summed E-state index contributed by atoms with van der Waals surface area (Å²) < 4.78 is 6.19. The van der Waals surface area contributed by atoms with Crippen molar-refractivity contribution in [2.75, 3.05) is 19.7 Å². The Morgan fingerprint density at radius 2 is 1.95 bits per heavy atom. The first-order valence-corrected chi connectivity index (χ1v) is 17.0. The summed E-state index contributed by atoms with van der Waals surface area (Å²) in [6, 6.07) is 8.60. The minimum absolute atomic E-state index is 0.312. The largest absolute Gasteiger partial charge is 0.493 e. The van der Waals surface area contributed by atoms with Gasteiger partial charge < -0.3 is 9.64 Å². The predicted octanol–water partition coefficient (Wildman–Crippen LogP) is 9.89. The smallest absolute Gasteiger partial charge is 0.161 e. The standard InChI is InChI=1S/C40H50N2O2/c1-3-5-7-8-12-31(11-6-4-2)24-28-44-37-21-19-32(20-22-37)35-17-18-36-30-41-25-23-39(38(36)29-35)42-26-9-13-33(14-10-27-42)40(43)34-15-16-34/h3,5,12-13,17,19-23,25,29-30,34H,4,6-11,14-16,18,24,26-28H2,1-2H3/b5-3+,31-12-,33-13-. The van der Waals surface area contributed by atoms with Crippen molar-refractivity contribution in [3.8, 4) is 5.75 Å². The predicted molar refractivity (Wildman–Crippen MR) is 185 cm³/mol. The Morgan fingerprint density at radius 1 is 1.09 bits per heavy atom. The third-order valence-electron chi connectivity index (χ3n) is 9.01. The van der Waals surface area contributed by atoms with E-state index in [1.807, 2.05) is 12.4 Å². The van der Waals surface area contributed by atoms with Crippen molar-refractivity contribution in [3.63, 3.8) is 0 Å². The molecule has 1 aromatic carbocycles. The van der Waals surface area contributed by atoms with Gasteiger partial charge in [0, 0.05) is 49.1 Å². The van der Waals surface area contributed by atoms with Crippen LogP contribution in [0, 0.1) is 5.92 Å². The van der Waals surface area contributed by atoms with E-state index in [0.29, 0.717) is 11.7 Å². The molecule has 0 amide bonds. The Kier molecular flexibility index (Phi) is 11.9. The number of ketones is 1. The van der Waals surface area contributed by atoms with Gasteiger partial charge >= 0.3 is 0 Å². The number of hydrogen-bond donors (Lipinski definition) is 0. The van der Waals surface area contributed by atoms with Crippen LogP contribution in [0.1, 0.15) is 96.5 Å². The fraction of sp³-hybridized carbons (Fsp3) is 0.450. The average molecular weight is 591 g/mol. The van der Waals surface area contributed by atoms with Crippen molar-refractivity contribution in [1.82, 2.24) is 4.90 Å². The molecule has 1 saturated carbocycles. The zero-order valence-corrected chi connectivity index (χ0v) is 26.9. The first-order valence-electron chi connectivity index (χ1n) is 17.0. The van der Waals surface area contributed by atoms with Gasteiger partial charge in [-0.15, -0.1) is 0 Å². The molecule has 0 N–H and O–H groups in total. The fourth-order valence-electron chi connectivity index (χ4n) is 6.28. The van der Waals surface area contributed by atoms with Crippen LogP contribution in [0.3, 0.4) is 0 Å². The molecule has 1 fully saturated rings. The lowest BCUT2D eigenvalue weighted by Gasteiger charge is -2.31. The molecule has 0 bridgehead atoms. The second-order valence-electron chi connectivity index (χ2n) is 12.4. The Bertz CT molecular complexity index is 1390. The minimum atomic E-state index is 0.312. The molecule has 232 valence electrons. The van der Waals surface area contributed by atoms with Gasteiger partial charge in [-0.2, -0.15) is 0 Å². The van der Waals surface area contributed by atoms with E-state index in [2.05, 4.69) is 90.5 Å². The number of unbranched alkanes of at least 4 members (excludes halogenated alkanes) is 2. The van der Waals surface area contributed by atoms with Crippen LogP contribution < -0.4 is 4.74 Å². The number of carbonyl (C=O) groups excluding carboxylic acids is 1. The molecule has 2 aliphatic heterocycles. The summed E-state index contributed by atoms with van der Waals surface area (Å²) in [4.78, 5) is 19.7. The third kappa shape index (κ3) is 8.94. The molecule has 0 spiro atoms. The van der Waals surface area contributed by atoms with Crippen LogP contribution in [0.5, 0.6) is 5.75 Å². The Morgan fingerprint density at radius 3 is 2.75 bits per heavy atom. The number of benzene rings is 1. The van der Waals surface area contributed by atoms with Crippen molar-refractivity contribution in [3.05, 3.63) is 107 Å². The molecule has 4 aliphatic rings. The quantitative estimate of drug-likeness (QED) is 0.160. The minimum Gasteiger partial charge on any atom is -0.493 e. The van der Waals surface area contributed by atoms with Gasteiger partial charge in [-0.3, -0.25) is 9.79 Å². The van der Waals surface area contributed by atoms with E-state index in [1.165, 1.54) is 52.8 Å². The molecule has 0 aromatic heterocycles. The highest BCUT2D eigenvalue weighted by Crippen LogP contribution is 2.37. The highest BCUT2D eigenvalue weighted by atomic mass is 16.5. The van der Waals surface area contributed by atoms with Gasteiger partial charge in [0.25, 0.3) is 0 Å². The number of Topliss-reactive ketones (excluding diaryl/α,β-unsaturated/α-hetero) is 1. The van der Waals surface area contributed by atoms with Crippen molar-refractivity contribution in [2.24, 2.45) is 10.9 Å². The number of fused-ring (bicyclic) bond motifs is 1. The van der Waals surface area contributed by atoms with E-state index < -0.39 is 0 Å². The van der Waals surface area contributed by atoms with Crippen molar-refractivity contribution < 1.29 is 9.53 Å². The zero-order chi connectivity index (χ0) is 30.6. The highest BCUT2D eigenvalue weighted by molar-refractivity contribution is 5.98. The van der Waals surface area contributed by atoms with E-state index in [-0.39, 0.29) is 0 Å². The number of ether oxygens (including phenoxy) is 1. The van der Waals surface area contributed by atoms with E-state index in [4.69, 9.17) is 4.74 Å². The molecule has 4 heteroatoms. The number of hydrogen-bond acceptors (Lipinski definition) is 4. The number of carbonyl (C=O) groups is 1. The molecule has 0 saturated heterocycles. The van der Waals surface area contributed by atoms with E-state index in [9.17, 15) is 4.79 Å². The second-order valence-corrected chi connectivity index (χ2v) is 12.4. The lowest BCUT2D eigenvalue weighted by molar-refractivity contribution is -0.116. The summed E-state index contributed by atoms with van der Waals surface area (Å²) in [6.45, 7) is 6.93. The number of allylic oxidation sites excluding steroid dienone is 9. The Labute approximate surface area is 265 Å². The van der Waals surface area contributed by atoms with E-state index in [1.54, 1.807) is 0 Å². The van der Waals surface area contributed by atoms with Gasteiger partial charge in [0.05, 0.1) is 6.61 Å². The van der Waals surface area contributed by atoms with Crippen LogP contribution >= 0.6 is 0 Å². The van der Waals surface area contributed by atoms with Crippen LogP contribution in [-0.4, -0.2) is 36.6 Å². The number of aliphatic imine (C=N–C) groups is 1. The van der Waals surface area contributed by atoms with Crippen LogP contribution in [0.25, 0.3) is 5.57 Å². The maximum Gasteiger partial charge on any atom is 0.161 e. The molecule has 0 atom stereocenters. The summed E-state index contributed by atoms with van der Waals surface area (Å²) in [5.74, 6) is 1.65. The van der Waals surface area contributed by atoms with Crippen molar-refractivity contribution in [1.29, 1.82) is 0 Å². The Balaban J connectivity index is 1.21. The van der Waals surface area contributed by atoms with E-state index in [0.717, 1.165) is 88.8 Å². The molecule has 2 aliphatic carbocycles. The molecular formula is C40H50N2O2. The maximum atomic E-state index is 12.7. The summed E-state index contributed by atoms with van der Waals surface area (Å²) in [5.41, 5.74) is 8.81. The normalized spacial score (nSPS) is 20.4. The fourth-order valence-corrected chi connectivity index (χ4v) is 6.28. The van der Waals surface area contributed by atoms with Gasteiger partial charge in [-0.25, -0.2) is 0 Å². The number of nitrogens with zero attached hydrogens (tertiary/aromatic N) is 2. The molecule has 1 aromatic rings. The second kappa shape index (κ2) is 16.4. The van der Waals surface area contributed by atoms with Crippen LogP contribution in [0.2, 0.25) is 0 Å². The van der Waals surface area contributed by atoms with Crippen molar-refractivity contribution in [2.45, 2.75) is 90.9 Å². The summed E-state index contributed by atoms with van der Waals surface area (Å²) in [7, 11) is 0. The summed E-state index contributed by atoms with van der Waals surface area (Å²) >= 11 is 0. The maximum absolute atomic E-state index is 12.7. The molecule has 4 nitrogen and oxygen atoms in total. The van der Waals surface area contributed by atoms with Crippen molar-refractivity contribution >= 4 is 17.6 Å². The zero-order valence-electron chi connectivity index (χ0n) is 26.9. The summed E-state index contributed by atoms with van der Waals surface area (Å²) in [5, 5.41) is 0.